The maximum Gasteiger partial charge on any atom is 0.241 e. The first kappa shape index (κ1) is 11.4. The first-order valence-corrected chi connectivity index (χ1v) is 5.40. The molecule has 0 bridgehead atoms. The molecular weight excluding hydrogens is 218 g/mol. The molecule has 2 N–H and O–H groups in total. The van der Waals surface area contributed by atoms with Crippen LogP contribution in [-0.2, 0) is 4.79 Å². The number of anilines is 1. The molecule has 0 saturated heterocycles. The molecule has 0 radical (unpaired) electrons. The van der Waals surface area contributed by atoms with E-state index >= 15 is 0 Å². The third kappa shape index (κ3) is 2.20. The Balaban J connectivity index is 2.34. The number of hydrogen-bond acceptors (Lipinski definition) is 4. The number of fused-ring (bicyclic) bond motifs is 1. The lowest BCUT2D eigenvalue weighted by molar-refractivity contribution is -0.121. The Bertz CT molecular complexity index is 548. The number of hydrogen-bond donors (Lipinski definition) is 2. The zero-order chi connectivity index (χ0) is 12.4. The summed E-state index contributed by atoms with van der Waals surface area (Å²) in [7, 11) is 1.61. The third-order valence-electron chi connectivity index (χ3n) is 2.53. The molecule has 0 aliphatic heterocycles. The molecule has 2 aromatic rings. The number of pyridine rings is 1. The number of nitrogens with zero attached hydrogens (tertiary/aromatic N) is 3. The molecule has 0 aliphatic rings. The van der Waals surface area contributed by atoms with Crippen molar-refractivity contribution in [2.75, 3.05) is 12.4 Å². The van der Waals surface area contributed by atoms with E-state index in [2.05, 4.69) is 20.7 Å². The summed E-state index contributed by atoms with van der Waals surface area (Å²) in [5.41, 5.74) is 1.83. The number of rotatable bonds is 3. The summed E-state index contributed by atoms with van der Waals surface area (Å²) in [4.78, 5) is 15.6. The highest BCUT2D eigenvalue weighted by atomic mass is 16.2. The molecule has 2 rings (SSSR count). The largest absolute Gasteiger partial charge is 0.359 e. The summed E-state index contributed by atoms with van der Waals surface area (Å²) >= 11 is 0. The van der Waals surface area contributed by atoms with Crippen molar-refractivity contribution in [3.8, 4) is 0 Å². The number of aromatic nitrogens is 3. The SMILES string of the molecule is CNC(=O)C(C)Nc1cc(C)cc2ncnn12. The zero-order valence-corrected chi connectivity index (χ0v) is 10.1. The van der Waals surface area contributed by atoms with Crippen LogP contribution in [0.2, 0.25) is 0 Å². The number of amides is 1. The second-order valence-corrected chi connectivity index (χ2v) is 3.93. The molecule has 90 valence electrons. The minimum absolute atomic E-state index is 0.0697. The predicted octanol–water partition coefficient (Wildman–Crippen LogP) is 0.584. The van der Waals surface area contributed by atoms with Crippen molar-refractivity contribution in [1.82, 2.24) is 19.9 Å². The van der Waals surface area contributed by atoms with E-state index in [0.29, 0.717) is 0 Å². The van der Waals surface area contributed by atoms with Crippen LogP contribution < -0.4 is 10.6 Å². The van der Waals surface area contributed by atoms with Crippen LogP contribution in [0.1, 0.15) is 12.5 Å². The monoisotopic (exact) mass is 233 g/mol. The molecule has 6 heteroatoms. The highest BCUT2D eigenvalue weighted by molar-refractivity contribution is 5.83. The second-order valence-electron chi connectivity index (χ2n) is 3.93. The van der Waals surface area contributed by atoms with Gasteiger partial charge >= 0.3 is 0 Å². The normalized spacial score (nSPS) is 12.4. The quantitative estimate of drug-likeness (QED) is 0.813. The van der Waals surface area contributed by atoms with Crippen molar-refractivity contribution in [3.63, 3.8) is 0 Å². The summed E-state index contributed by atoms with van der Waals surface area (Å²) in [5.74, 6) is 0.688. The molecule has 17 heavy (non-hydrogen) atoms. The van der Waals surface area contributed by atoms with Gasteiger partial charge in [-0.15, -0.1) is 0 Å². The van der Waals surface area contributed by atoms with Gasteiger partial charge in [0.2, 0.25) is 5.91 Å². The molecule has 0 aromatic carbocycles. The fourth-order valence-corrected chi connectivity index (χ4v) is 1.66. The third-order valence-corrected chi connectivity index (χ3v) is 2.53. The van der Waals surface area contributed by atoms with E-state index in [1.807, 2.05) is 19.1 Å². The van der Waals surface area contributed by atoms with Gasteiger partial charge in [-0.3, -0.25) is 4.79 Å². The number of aryl methyl sites for hydroxylation is 1. The van der Waals surface area contributed by atoms with Crippen LogP contribution in [0.25, 0.3) is 5.65 Å². The maximum atomic E-state index is 11.5. The van der Waals surface area contributed by atoms with Crippen molar-refractivity contribution in [1.29, 1.82) is 0 Å². The number of likely N-dealkylation sites (N-methyl/N-ethyl adjacent to an activating group) is 1. The first-order chi connectivity index (χ1) is 8.11. The molecule has 1 amide bonds. The minimum atomic E-state index is -0.325. The van der Waals surface area contributed by atoms with Gasteiger partial charge < -0.3 is 10.6 Å². The van der Waals surface area contributed by atoms with Crippen molar-refractivity contribution in [3.05, 3.63) is 24.0 Å². The molecule has 2 heterocycles. The number of carbonyl (C=O) groups excluding carboxylic acids is 1. The lowest BCUT2D eigenvalue weighted by atomic mass is 10.2. The Hall–Kier alpha value is -2.11. The van der Waals surface area contributed by atoms with Gasteiger partial charge in [-0.25, -0.2) is 4.98 Å². The molecular formula is C11H15N5O. The van der Waals surface area contributed by atoms with Gasteiger partial charge in [0, 0.05) is 7.05 Å². The van der Waals surface area contributed by atoms with E-state index in [1.54, 1.807) is 18.5 Å². The van der Waals surface area contributed by atoms with Crippen molar-refractivity contribution < 1.29 is 4.79 Å². The van der Waals surface area contributed by atoms with Crippen LogP contribution in [-0.4, -0.2) is 33.6 Å². The predicted molar refractivity (Wildman–Crippen MR) is 64.9 cm³/mol. The van der Waals surface area contributed by atoms with Crippen molar-refractivity contribution in [2.45, 2.75) is 19.9 Å². The second kappa shape index (κ2) is 4.40. The molecule has 6 nitrogen and oxygen atoms in total. The molecule has 0 fully saturated rings. The summed E-state index contributed by atoms with van der Waals surface area (Å²) in [5, 5.41) is 9.82. The lowest BCUT2D eigenvalue weighted by Gasteiger charge is -2.14. The van der Waals surface area contributed by atoms with Gasteiger partial charge in [0.1, 0.15) is 18.2 Å². The average molecular weight is 233 g/mol. The van der Waals surface area contributed by atoms with E-state index in [-0.39, 0.29) is 11.9 Å². The Labute approximate surface area is 99.0 Å². The van der Waals surface area contributed by atoms with E-state index < -0.39 is 0 Å². The average Bonchev–Trinajstić information content (AvgIpc) is 2.75. The number of carbonyl (C=O) groups is 1. The standard InChI is InChI=1S/C11H15N5O/c1-7-4-9-13-6-14-16(9)10(5-7)15-8(2)11(17)12-3/h4-6,8,15H,1-3H3,(H,12,17). The van der Waals surface area contributed by atoms with E-state index in [0.717, 1.165) is 17.0 Å². The molecule has 1 unspecified atom stereocenters. The summed E-state index contributed by atoms with van der Waals surface area (Å²) in [6.07, 6.45) is 1.49. The Morgan fingerprint density at radius 3 is 2.94 bits per heavy atom. The van der Waals surface area contributed by atoms with Gasteiger partial charge in [0.25, 0.3) is 0 Å². The van der Waals surface area contributed by atoms with Crippen molar-refractivity contribution >= 4 is 17.4 Å². The molecule has 0 saturated carbocycles. The van der Waals surface area contributed by atoms with Crippen LogP contribution in [0.3, 0.4) is 0 Å². The Kier molecular flexibility index (Phi) is 2.95. The number of nitrogens with one attached hydrogen (secondary N) is 2. The van der Waals surface area contributed by atoms with Crippen LogP contribution in [0.5, 0.6) is 0 Å². The lowest BCUT2D eigenvalue weighted by Crippen LogP contribution is -2.35. The first-order valence-electron chi connectivity index (χ1n) is 5.40. The van der Waals surface area contributed by atoms with E-state index in [9.17, 15) is 4.79 Å². The van der Waals surface area contributed by atoms with Gasteiger partial charge in [-0.2, -0.15) is 9.61 Å². The summed E-state index contributed by atoms with van der Waals surface area (Å²) in [6, 6.07) is 3.54. The summed E-state index contributed by atoms with van der Waals surface area (Å²) in [6.45, 7) is 3.77. The van der Waals surface area contributed by atoms with Crippen LogP contribution in [0.4, 0.5) is 5.82 Å². The maximum absolute atomic E-state index is 11.5. The molecule has 2 aromatic heterocycles. The molecule has 1 atom stereocenters. The van der Waals surface area contributed by atoms with Gasteiger partial charge in [0.05, 0.1) is 0 Å². The Morgan fingerprint density at radius 2 is 2.24 bits per heavy atom. The smallest absolute Gasteiger partial charge is 0.241 e. The van der Waals surface area contributed by atoms with Crippen LogP contribution >= 0.6 is 0 Å². The fraction of sp³-hybridized carbons (Fsp3) is 0.364. The minimum Gasteiger partial charge on any atom is -0.359 e. The molecule has 0 aliphatic carbocycles. The van der Waals surface area contributed by atoms with Gasteiger partial charge in [-0.1, -0.05) is 0 Å². The fourth-order valence-electron chi connectivity index (χ4n) is 1.66. The molecule has 0 spiro atoms. The van der Waals surface area contributed by atoms with Crippen LogP contribution in [0, 0.1) is 6.92 Å². The van der Waals surface area contributed by atoms with Gasteiger partial charge in [0.15, 0.2) is 5.65 Å². The topological polar surface area (TPSA) is 71.3 Å². The highest BCUT2D eigenvalue weighted by Crippen LogP contribution is 2.14. The van der Waals surface area contributed by atoms with Crippen LogP contribution in [0.15, 0.2) is 18.5 Å². The van der Waals surface area contributed by atoms with Gasteiger partial charge in [-0.05, 0) is 31.5 Å². The Morgan fingerprint density at radius 1 is 1.47 bits per heavy atom. The van der Waals surface area contributed by atoms with Crippen molar-refractivity contribution in [2.24, 2.45) is 0 Å². The highest BCUT2D eigenvalue weighted by Gasteiger charge is 2.12. The zero-order valence-electron chi connectivity index (χ0n) is 10.1. The van der Waals surface area contributed by atoms with E-state index in [1.165, 1.54) is 6.33 Å². The summed E-state index contributed by atoms with van der Waals surface area (Å²) < 4.78 is 1.67. The van der Waals surface area contributed by atoms with E-state index in [4.69, 9.17) is 0 Å².